The molecule has 0 spiro atoms. The molecule has 1 saturated carbocycles. The van der Waals surface area contributed by atoms with Gasteiger partial charge in [-0.15, -0.1) is 0 Å². The first-order valence-electron chi connectivity index (χ1n) is 6.96. The zero-order valence-electron chi connectivity index (χ0n) is 11.6. The Bertz CT molecular complexity index is 297. The molecule has 0 aromatic rings. The van der Waals surface area contributed by atoms with E-state index in [1.54, 1.807) is 13.8 Å². The highest BCUT2D eigenvalue weighted by atomic mass is 16.4. The van der Waals surface area contributed by atoms with E-state index in [4.69, 9.17) is 5.11 Å². The van der Waals surface area contributed by atoms with Crippen molar-refractivity contribution in [1.82, 2.24) is 5.32 Å². The molecular weight excluding hydrogens is 230 g/mol. The Morgan fingerprint density at radius 3 is 2.11 bits per heavy atom. The molecular formula is C14H25NO3. The lowest BCUT2D eigenvalue weighted by Crippen LogP contribution is -2.43. The van der Waals surface area contributed by atoms with E-state index in [2.05, 4.69) is 5.32 Å². The third kappa shape index (κ3) is 4.00. The van der Waals surface area contributed by atoms with Gasteiger partial charge in [-0.2, -0.15) is 0 Å². The molecule has 0 radical (unpaired) electrons. The lowest BCUT2D eigenvalue weighted by Gasteiger charge is -2.29. The van der Waals surface area contributed by atoms with Crippen molar-refractivity contribution in [3.8, 4) is 0 Å². The summed E-state index contributed by atoms with van der Waals surface area (Å²) in [6, 6.07) is 0.154. The van der Waals surface area contributed by atoms with Gasteiger partial charge < -0.3 is 10.4 Å². The van der Waals surface area contributed by atoms with E-state index in [1.807, 2.05) is 6.92 Å². The van der Waals surface area contributed by atoms with E-state index in [-0.39, 0.29) is 11.9 Å². The topological polar surface area (TPSA) is 66.4 Å². The maximum absolute atomic E-state index is 12.0. The molecule has 2 N–H and O–H groups in total. The molecule has 2 unspecified atom stereocenters. The maximum atomic E-state index is 12.0. The van der Waals surface area contributed by atoms with Crippen molar-refractivity contribution in [1.29, 1.82) is 0 Å². The predicted octanol–water partition coefficient (Wildman–Crippen LogP) is 2.43. The number of carboxylic acids is 1. The first-order chi connectivity index (χ1) is 8.43. The molecule has 0 aromatic heterocycles. The number of carbonyl (C=O) groups excluding carboxylic acids is 1. The fourth-order valence-electron chi connectivity index (χ4n) is 2.55. The van der Waals surface area contributed by atoms with Gasteiger partial charge in [0.1, 0.15) is 0 Å². The summed E-state index contributed by atoms with van der Waals surface area (Å²) in [5, 5.41) is 11.9. The van der Waals surface area contributed by atoms with Crippen molar-refractivity contribution in [3.05, 3.63) is 0 Å². The minimum Gasteiger partial charge on any atom is -0.481 e. The third-order valence-electron chi connectivity index (χ3n) is 4.28. The van der Waals surface area contributed by atoms with Crippen molar-refractivity contribution in [2.24, 2.45) is 17.8 Å². The van der Waals surface area contributed by atoms with Crippen LogP contribution in [-0.2, 0) is 9.59 Å². The van der Waals surface area contributed by atoms with Crippen LogP contribution in [0.5, 0.6) is 0 Å². The van der Waals surface area contributed by atoms with Crippen LogP contribution in [0.15, 0.2) is 0 Å². The molecule has 0 aliphatic heterocycles. The second-order valence-corrected chi connectivity index (χ2v) is 5.61. The molecule has 0 heterocycles. The van der Waals surface area contributed by atoms with Gasteiger partial charge in [0.2, 0.25) is 5.91 Å². The van der Waals surface area contributed by atoms with Gasteiger partial charge in [-0.1, -0.05) is 33.1 Å². The second kappa shape index (κ2) is 6.76. The minimum atomic E-state index is -0.914. The van der Waals surface area contributed by atoms with Crippen molar-refractivity contribution in [2.45, 2.75) is 58.9 Å². The Kier molecular flexibility index (Phi) is 5.63. The van der Waals surface area contributed by atoms with E-state index in [9.17, 15) is 9.59 Å². The molecule has 1 rings (SSSR count). The summed E-state index contributed by atoms with van der Waals surface area (Å²) in [5.74, 6) is -1.61. The summed E-state index contributed by atoms with van der Waals surface area (Å²) in [5.41, 5.74) is 0. The highest BCUT2D eigenvalue weighted by Crippen LogP contribution is 2.26. The molecule has 1 aliphatic carbocycles. The molecule has 18 heavy (non-hydrogen) atoms. The monoisotopic (exact) mass is 255 g/mol. The lowest BCUT2D eigenvalue weighted by atomic mass is 9.84. The Balaban J connectivity index is 2.45. The summed E-state index contributed by atoms with van der Waals surface area (Å²) < 4.78 is 0. The summed E-state index contributed by atoms with van der Waals surface area (Å²) in [7, 11) is 0. The molecule has 0 saturated heterocycles. The molecule has 3 atom stereocenters. The minimum absolute atomic E-state index is 0.136. The van der Waals surface area contributed by atoms with Gasteiger partial charge in [0.15, 0.2) is 0 Å². The van der Waals surface area contributed by atoms with Crippen LogP contribution >= 0.6 is 0 Å². The van der Waals surface area contributed by atoms with Crippen LogP contribution in [0.25, 0.3) is 0 Å². The summed E-state index contributed by atoms with van der Waals surface area (Å²) in [6.45, 7) is 5.30. The fraction of sp³-hybridized carbons (Fsp3) is 0.857. The van der Waals surface area contributed by atoms with E-state index in [1.165, 1.54) is 32.1 Å². The van der Waals surface area contributed by atoms with E-state index < -0.39 is 17.8 Å². The van der Waals surface area contributed by atoms with E-state index in [0.717, 1.165) is 0 Å². The molecule has 1 fully saturated rings. The molecule has 0 aromatic carbocycles. The maximum Gasteiger partial charge on any atom is 0.307 e. The standard InChI is InChI=1S/C14H25NO3/c1-9(10(2)14(17)18)13(16)15-11(3)12-7-5-4-6-8-12/h9-12H,4-8H2,1-3H3,(H,15,16)(H,17,18)/t9?,10?,11-/m1/s1. The molecule has 1 amide bonds. The van der Waals surface area contributed by atoms with Gasteiger partial charge in [-0.3, -0.25) is 9.59 Å². The number of carbonyl (C=O) groups is 2. The average Bonchev–Trinajstić information content (AvgIpc) is 2.37. The Morgan fingerprint density at radius 1 is 1.06 bits per heavy atom. The SMILES string of the molecule is CC(C(=O)O)C(C)C(=O)N[C@H](C)C1CCCCC1. The quantitative estimate of drug-likeness (QED) is 0.793. The van der Waals surface area contributed by atoms with Gasteiger partial charge in [-0.25, -0.2) is 0 Å². The number of hydrogen-bond acceptors (Lipinski definition) is 2. The molecule has 4 heteroatoms. The number of rotatable bonds is 5. The van der Waals surface area contributed by atoms with Gasteiger partial charge in [-0.05, 0) is 25.7 Å². The summed E-state index contributed by atoms with van der Waals surface area (Å²) in [4.78, 5) is 22.8. The van der Waals surface area contributed by atoms with Gasteiger partial charge >= 0.3 is 5.97 Å². The van der Waals surface area contributed by atoms with Crippen LogP contribution in [-0.4, -0.2) is 23.0 Å². The first-order valence-corrected chi connectivity index (χ1v) is 6.96. The molecule has 0 bridgehead atoms. The Labute approximate surface area is 109 Å². The van der Waals surface area contributed by atoms with Gasteiger partial charge in [0.05, 0.1) is 5.92 Å². The van der Waals surface area contributed by atoms with Crippen molar-refractivity contribution in [2.75, 3.05) is 0 Å². The third-order valence-corrected chi connectivity index (χ3v) is 4.28. The zero-order valence-corrected chi connectivity index (χ0v) is 11.6. The molecule has 4 nitrogen and oxygen atoms in total. The summed E-state index contributed by atoms with van der Waals surface area (Å²) in [6.07, 6.45) is 6.12. The van der Waals surface area contributed by atoms with Crippen LogP contribution in [0.1, 0.15) is 52.9 Å². The molecule has 1 aliphatic rings. The van der Waals surface area contributed by atoms with Crippen molar-refractivity contribution in [3.63, 3.8) is 0 Å². The Hall–Kier alpha value is -1.06. The largest absolute Gasteiger partial charge is 0.481 e. The summed E-state index contributed by atoms with van der Waals surface area (Å²) >= 11 is 0. The second-order valence-electron chi connectivity index (χ2n) is 5.61. The van der Waals surface area contributed by atoms with Gasteiger partial charge in [0.25, 0.3) is 0 Å². The normalized spacial score (nSPS) is 21.9. The van der Waals surface area contributed by atoms with Crippen LogP contribution in [0.3, 0.4) is 0 Å². The number of nitrogens with one attached hydrogen (secondary N) is 1. The Morgan fingerprint density at radius 2 is 1.61 bits per heavy atom. The fourth-order valence-corrected chi connectivity index (χ4v) is 2.55. The van der Waals surface area contributed by atoms with Crippen LogP contribution in [0.2, 0.25) is 0 Å². The van der Waals surface area contributed by atoms with Crippen LogP contribution < -0.4 is 5.32 Å². The van der Waals surface area contributed by atoms with E-state index >= 15 is 0 Å². The number of amides is 1. The number of hydrogen-bond donors (Lipinski definition) is 2. The van der Waals surface area contributed by atoms with Crippen molar-refractivity contribution >= 4 is 11.9 Å². The van der Waals surface area contributed by atoms with Crippen LogP contribution in [0.4, 0.5) is 0 Å². The smallest absolute Gasteiger partial charge is 0.307 e. The zero-order chi connectivity index (χ0) is 13.7. The van der Waals surface area contributed by atoms with Gasteiger partial charge in [0, 0.05) is 12.0 Å². The average molecular weight is 255 g/mol. The molecule has 104 valence electrons. The highest BCUT2D eigenvalue weighted by molar-refractivity contribution is 5.84. The number of carboxylic acid groups (broad SMARTS) is 1. The predicted molar refractivity (Wildman–Crippen MR) is 70.1 cm³/mol. The van der Waals surface area contributed by atoms with E-state index in [0.29, 0.717) is 5.92 Å². The van der Waals surface area contributed by atoms with Crippen molar-refractivity contribution < 1.29 is 14.7 Å². The highest BCUT2D eigenvalue weighted by Gasteiger charge is 2.28. The lowest BCUT2D eigenvalue weighted by molar-refractivity contribution is -0.146. The first kappa shape index (κ1) is 15.0. The number of aliphatic carboxylic acids is 1. The van der Waals surface area contributed by atoms with Crippen LogP contribution in [0, 0.1) is 17.8 Å².